The summed E-state index contributed by atoms with van der Waals surface area (Å²) in [6, 6.07) is 0.288. The van der Waals surface area contributed by atoms with Gasteiger partial charge in [0.15, 0.2) is 0 Å². The second kappa shape index (κ2) is 5.85. The van der Waals surface area contributed by atoms with Crippen molar-refractivity contribution in [1.29, 1.82) is 0 Å². The zero-order chi connectivity index (χ0) is 13.1. The largest absolute Gasteiger partial charge is 0.339 e. The van der Waals surface area contributed by atoms with Gasteiger partial charge >= 0.3 is 0 Å². The maximum Gasteiger partial charge on any atom is 0.223 e. The summed E-state index contributed by atoms with van der Waals surface area (Å²) in [5, 5.41) is 0. The molecular formula is C12H23NO3S. The van der Waals surface area contributed by atoms with Crippen LogP contribution in [0.25, 0.3) is 0 Å². The highest BCUT2D eigenvalue weighted by Gasteiger charge is 2.28. The van der Waals surface area contributed by atoms with Crippen LogP contribution in [0.4, 0.5) is 0 Å². The highest BCUT2D eigenvalue weighted by Crippen LogP contribution is 2.23. The molecule has 0 bridgehead atoms. The van der Waals surface area contributed by atoms with Crippen molar-refractivity contribution in [3.8, 4) is 0 Å². The molecule has 1 aliphatic rings. The molecule has 0 aromatic rings. The summed E-state index contributed by atoms with van der Waals surface area (Å²) >= 11 is 0. The number of hydrogen-bond donors (Lipinski definition) is 0. The fraction of sp³-hybridized carbons (Fsp3) is 0.917. The van der Waals surface area contributed by atoms with E-state index in [1.165, 1.54) is 12.7 Å². The minimum absolute atomic E-state index is 0.00572. The van der Waals surface area contributed by atoms with E-state index in [1.807, 2.05) is 4.90 Å². The zero-order valence-electron chi connectivity index (χ0n) is 11.0. The van der Waals surface area contributed by atoms with Crippen LogP contribution < -0.4 is 0 Å². The van der Waals surface area contributed by atoms with Crippen LogP contribution in [0.5, 0.6) is 0 Å². The first-order chi connectivity index (χ1) is 7.81. The van der Waals surface area contributed by atoms with E-state index in [1.54, 1.807) is 0 Å². The Kier molecular flexibility index (Phi) is 4.98. The van der Waals surface area contributed by atoms with Gasteiger partial charge in [-0.3, -0.25) is 4.79 Å². The molecular weight excluding hydrogens is 238 g/mol. The Hall–Kier alpha value is -0.580. The van der Waals surface area contributed by atoms with Gasteiger partial charge in [0, 0.05) is 25.3 Å². The van der Waals surface area contributed by atoms with Crippen molar-refractivity contribution in [2.45, 2.75) is 45.6 Å². The van der Waals surface area contributed by atoms with Crippen molar-refractivity contribution in [2.75, 3.05) is 18.6 Å². The number of sulfone groups is 1. The quantitative estimate of drug-likeness (QED) is 0.770. The molecule has 0 aromatic carbocycles. The number of amides is 1. The fourth-order valence-electron chi connectivity index (χ4n) is 2.38. The highest BCUT2D eigenvalue weighted by atomic mass is 32.2. The van der Waals surface area contributed by atoms with E-state index in [4.69, 9.17) is 0 Å². The lowest BCUT2D eigenvalue weighted by atomic mass is 9.92. The molecule has 0 radical (unpaired) electrons. The van der Waals surface area contributed by atoms with Gasteiger partial charge in [-0.2, -0.15) is 0 Å². The van der Waals surface area contributed by atoms with Crippen molar-refractivity contribution in [3.05, 3.63) is 0 Å². The summed E-state index contributed by atoms with van der Waals surface area (Å²) in [6.07, 6.45) is 4.55. The van der Waals surface area contributed by atoms with Crippen LogP contribution in [0.3, 0.4) is 0 Å². The molecule has 100 valence electrons. The SMILES string of the molecule is CC(C)C1CCCCN1C(=O)CCS(C)(=O)=O. The zero-order valence-corrected chi connectivity index (χ0v) is 11.8. The third-order valence-corrected chi connectivity index (χ3v) is 4.27. The predicted octanol–water partition coefficient (Wildman–Crippen LogP) is 1.46. The van der Waals surface area contributed by atoms with Gasteiger partial charge in [-0.15, -0.1) is 0 Å². The summed E-state index contributed by atoms with van der Waals surface area (Å²) in [5.74, 6) is 0.402. The lowest BCUT2D eigenvalue weighted by molar-refractivity contribution is -0.135. The summed E-state index contributed by atoms with van der Waals surface area (Å²) in [6.45, 7) is 5.02. The molecule has 17 heavy (non-hydrogen) atoms. The summed E-state index contributed by atoms with van der Waals surface area (Å²) < 4.78 is 22.1. The van der Waals surface area contributed by atoms with Crippen LogP contribution in [0.1, 0.15) is 39.5 Å². The molecule has 0 aromatic heterocycles. The van der Waals surface area contributed by atoms with Gasteiger partial charge in [0.25, 0.3) is 0 Å². The number of carbonyl (C=O) groups is 1. The molecule has 1 heterocycles. The number of carbonyl (C=O) groups excluding carboxylic acids is 1. The molecule has 4 nitrogen and oxygen atoms in total. The Morgan fingerprint density at radius 3 is 2.53 bits per heavy atom. The van der Waals surface area contributed by atoms with Gasteiger partial charge in [-0.25, -0.2) is 8.42 Å². The lowest BCUT2D eigenvalue weighted by Gasteiger charge is -2.38. The Morgan fingerprint density at radius 1 is 1.35 bits per heavy atom. The molecule has 1 fully saturated rings. The van der Waals surface area contributed by atoms with Gasteiger partial charge < -0.3 is 4.90 Å². The molecule has 1 unspecified atom stereocenters. The van der Waals surface area contributed by atoms with E-state index >= 15 is 0 Å². The van der Waals surface area contributed by atoms with E-state index in [2.05, 4.69) is 13.8 Å². The van der Waals surface area contributed by atoms with Crippen molar-refractivity contribution in [1.82, 2.24) is 4.90 Å². The molecule has 1 aliphatic heterocycles. The molecule has 1 atom stereocenters. The third kappa shape index (κ3) is 4.66. The van der Waals surface area contributed by atoms with Crippen LogP contribution in [-0.2, 0) is 14.6 Å². The second-order valence-corrected chi connectivity index (χ2v) is 7.53. The number of likely N-dealkylation sites (tertiary alicyclic amines) is 1. The third-order valence-electron chi connectivity index (χ3n) is 3.33. The van der Waals surface area contributed by atoms with Crippen molar-refractivity contribution in [3.63, 3.8) is 0 Å². The van der Waals surface area contributed by atoms with Crippen molar-refractivity contribution in [2.24, 2.45) is 5.92 Å². The number of piperidine rings is 1. The summed E-state index contributed by atoms with van der Waals surface area (Å²) in [5.41, 5.74) is 0. The standard InChI is InChI=1S/C12H23NO3S/c1-10(2)11-6-4-5-8-13(11)12(14)7-9-17(3,15)16/h10-11H,4-9H2,1-3H3. The van der Waals surface area contributed by atoms with Crippen LogP contribution in [-0.4, -0.2) is 43.8 Å². The number of nitrogens with zero attached hydrogens (tertiary/aromatic N) is 1. The molecule has 0 aliphatic carbocycles. The van der Waals surface area contributed by atoms with E-state index in [9.17, 15) is 13.2 Å². The normalized spacial score (nSPS) is 21.9. The molecule has 0 saturated carbocycles. The molecule has 5 heteroatoms. The number of hydrogen-bond acceptors (Lipinski definition) is 3. The van der Waals surface area contributed by atoms with Crippen LogP contribution in [0, 0.1) is 5.92 Å². The minimum atomic E-state index is -3.04. The van der Waals surface area contributed by atoms with Crippen molar-refractivity contribution < 1.29 is 13.2 Å². The first-order valence-electron chi connectivity index (χ1n) is 6.28. The first-order valence-corrected chi connectivity index (χ1v) is 8.34. The van der Waals surface area contributed by atoms with Crippen LogP contribution >= 0.6 is 0 Å². The smallest absolute Gasteiger partial charge is 0.223 e. The Bertz CT molecular complexity index is 362. The highest BCUT2D eigenvalue weighted by molar-refractivity contribution is 7.90. The molecule has 0 spiro atoms. The Labute approximate surface area is 104 Å². The van der Waals surface area contributed by atoms with E-state index < -0.39 is 9.84 Å². The molecule has 1 rings (SSSR count). The van der Waals surface area contributed by atoms with Gasteiger partial charge in [0.2, 0.25) is 5.91 Å². The monoisotopic (exact) mass is 261 g/mol. The second-order valence-electron chi connectivity index (χ2n) is 5.27. The Balaban J connectivity index is 2.59. The van der Waals surface area contributed by atoms with Gasteiger partial charge in [0.05, 0.1) is 5.75 Å². The number of rotatable bonds is 4. The lowest BCUT2D eigenvalue weighted by Crippen LogP contribution is -2.46. The van der Waals surface area contributed by atoms with Gasteiger partial charge in [0.1, 0.15) is 9.84 Å². The van der Waals surface area contributed by atoms with E-state index in [0.717, 1.165) is 19.4 Å². The van der Waals surface area contributed by atoms with E-state index in [0.29, 0.717) is 5.92 Å². The predicted molar refractivity (Wildman–Crippen MR) is 68.5 cm³/mol. The first kappa shape index (κ1) is 14.5. The maximum absolute atomic E-state index is 12.0. The van der Waals surface area contributed by atoms with Crippen molar-refractivity contribution >= 4 is 15.7 Å². The maximum atomic E-state index is 12.0. The van der Waals surface area contributed by atoms with Gasteiger partial charge in [-0.1, -0.05) is 13.8 Å². The van der Waals surface area contributed by atoms with Gasteiger partial charge in [-0.05, 0) is 25.2 Å². The minimum Gasteiger partial charge on any atom is -0.339 e. The van der Waals surface area contributed by atoms with Crippen LogP contribution in [0.15, 0.2) is 0 Å². The molecule has 1 amide bonds. The topological polar surface area (TPSA) is 54.5 Å². The average Bonchev–Trinajstić information content (AvgIpc) is 2.25. The summed E-state index contributed by atoms with van der Waals surface area (Å²) in [4.78, 5) is 13.9. The Morgan fingerprint density at radius 2 is 2.00 bits per heavy atom. The van der Waals surface area contributed by atoms with E-state index in [-0.39, 0.29) is 24.1 Å². The summed E-state index contributed by atoms with van der Waals surface area (Å²) in [7, 11) is -3.04. The fourth-order valence-corrected chi connectivity index (χ4v) is 2.92. The molecule has 0 N–H and O–H groups in total. The van der Waals surface area contributed by atoms with Crippen LogP contribution in [0.2, 0.25) is 0 Å². The molecule has 1 saturated heterocycles. The average molecular weight is 261 g/mol.